The van der Waals surface area contributed by atoms with Gasteiger partial charge in [-0.25, -0.2) is 4.79 Å². The molecule has 0 N–H and O–H groups in total. The molecule has 0 amide bonds. The Bertz CT molecular complexity index is 1320. The number of aromatic nitrogens is 1. The highest BCUT2D eigenvalue weighted by molar-refractivity contribution is 6.03. The van der Waals surface area contributed by atoms with Gasteiger partial charge in [-0.3, -0.25) is 4.79 Å². The van der Waals surface area contributed by atoms with Crippen LogP contribution in [0.15, 0.2) is 42.0 Å². The molecule has 0 spiro atoms. The largest absolute Gasteiger partial charge is 0.497 e. The first-order valence-electron chi connectivity index (χ1n) is 12.7. The minimum atomic E-state index is -0.342. The maximum atomic E-state index is 12.8. The predicted octanol–water partition coefficient (Wildman–Crippen LogP) is 6.92. The first-order valence-corrected chi connectivity index (χ1v) is 12.7. The number of hydrogen-bond acceptors (Lipinski definition) is 4. The highest BCUT2D eigenvalue weighted by Crippen LogP contribution is 2.47. The Kier molecular flexibility index (Phi) is 6.50. The number of rotatable bonds is 6. The van der Waals surface area contributed by atoms with E-state index in [1.54, 1.807) is 7.11 Å². The Balaban J connectivity index is 1.82. The SMILES string of the molecule is CCCC(=O)c1ccc2c(C3CCCCC3)c3n(c2c1)CC(C(=O)OC)=Cc1cc(OC)ccc1-3. The molecule has 1 fully saturated rings. The molecule has 0 saturated heterocycles. The van der Waals surface area contributed by atoms with Crippen LogP contribution < -0.4 is 4.74 Å². The molecule has 5 rings (SSSR count). The number of fused-ring (bicyclic) bond motifs is 5. The molecule has 35 heavy (non-hydrogen) atoms. The lowest BCUT2D eigenvalue weighted by Crippen LogP contribution is -2.12. The second-order valence-electron chi connectivity index (χ2n) is 9.70. The summed E-state index contributed by atoms with van der Waals surface area (Å²) in [5, 5.41) is 1.19. The topological polar surface area (TPSA) is 57.5 Å². The molecule has 0 unspecified atom stereocenters. The summed E-state index contributed by atoms with van der Waals surface area (Å²) < 4.78 is 12.9. The molecular formula is C30H33NO4. The summed E-state index contributed by atoms with van der Waals surface area (Å²) in [6.07, 6.45) is 9.33. The Hall–Kier alpha value is -3.34. The van der Waals surface area contributed by atoms with Gasteiger partial charge in [0.2, 0.25) is 0 Å². The van der Waals surface area contributed by atoms with Gasteiger partial charge in [-0.2, -0.15) is 0 Å². The maximum absolute atomic E-state index is 12.8. The fraction of sp³-hybridized carbons (Fsp3) is 0.400. The molecule has 0 atom stereocenters. The van der Waals surface area contributed by atoms with Crippen LogP contribution in [0.3, 0.4) is 0 Å². The Morgan fingerprint density at radius 3 is 2.54 bits per heavy atom. The van der Waals surface area contributed by atoms with Gasteiger partial charge in [-0.15, -0.1) is 0 Å². The van der Waals surface area contributed by atoms with Gasteiger partial charge in [-0.1, -0.05) is 38.3 Å². The van der Waals surface area contributed by atoms with E-state index in [4.69, 9.17) is 9.47 Å². The summed E-state index contributed by atoms with van der Waals surface area (Å²) in [5.41, 5.74) is 6.87. The summed E-state index contributed by atoms with van der Waals surface area (Å²) in [7, 11) is 3.08. The van der Waals surface area contributed by atoms with Gasteiger partial charge in [0.1, 0.15) is 5.75 Å². The number of ketones is 1. The van der Waals surface area contributed by atoms with Crippen LogP contribution in [-0.4, -0.2) is 30.5 Å². The molecule has 2 aliphatic rings. The Morgan fingerprint density at radius 2 is 1.83 bits per heavy atom. The van der Waals surface area contributed by atoms with Crippen molar-refractivity contribution in [1.82, 2.24) is 4.57 Å². The van der Waals surface area contributed by atoms with Gasteiger partial charge >= 0.3 is 5.97 Å². The second kappa shape index (κ2) is 9.73. The third-order valence-electron chi connectivity index (χ3n) is 7.54. The van der Waals surface area contributed by atoms with E-state index in [1.807, 2.05) is 37.3 Å². The van der Waals surface area contributed by atoms with Crippen LogP contribution in [-0.2, 0) is 16.1 Å². The Labute approximate surface area is 206 Å². The van der Waals surface area contributed by atoms with Crippen molar-refractivity contribution < 1.29 is 19.1 Å². The van der Waals surface area contributed by atoms with Crippen molar-refractivity contribution in [1.29, 1.82) is 0 Å². The van der Waals surface area contributed by atoms with Crippen LogP contribution in [0.25, 0.3) is 28.2 Å². The molecule has 1 aliphatic heterocycles. The third kappa shape index (κ3) is 4.18. The molecule has 1 aromatic heterocycles. The molecule has 5 nitrogen and oxygen atoms in total. The quantitative estimate of drug-likeness (QED) is 0.289. The third-order valence-corrected chi connectivity index (χ3v) is 7.54. The molecule has 3 aromatic rings. The molecule has 2 heterocycles. The molecule has 1 aliphatic carbocycles. The molecule has 1 saturated carbocycles. The van der Waals surface area contributed by atoms with E-state index in [-0.39, 0.29) is 11.8 Å². The standard InChI is InChI=1S/C30H33NO4/c1-4-8-27(32)20-11-13-25-26(17-20)31-18-22(30(33)35-3)15-21-16-23(34-2)12-14-24(21)29(31)28(25)19-9-6-5-7-10-19/h11-17,19H,4-10,18H2,1-3H3. The number of methoxy groups -OCH3 is 2. The molecule has 2 aromatic carbocycles. The normalized spacial score (nSPS) is 15.7. The number of hydrogen-bond donors (Lipinski definition) is 0. The lowest BCUT2D eigenvalue weighted by atomic mass is 9.81. The van der Waals surface area contributed by atoms with E-state index in [1.165, 1.54) is 37.3 Å². The van der Waals surface area contributed by atoms with Crippen LogP contribution in [0.2, 0.25) is 0 Å². The zero-order chi connectivity index (χ0) is 24.5. The monoisotopic (exact) mass is 471 g/mol. The highest BCUT2D eigenvalue weighted by atomic mass is 16.5. The summed E-state index contributed by atoms with van der Waals surface area (Å²) >= 11 is 0. The fourth-order valence-corrected chi connectivity index (χ4v) is 5.84. The molecule has 5 heteroatoms. The minimum absolute atomic E-state index is 0.159. The van der Waals surface area contributed by atoms with Crippen LogP contribution in [0.1, 0.15) is 79.3 Å². The summed E-state index contributed by atoms with van der Waals surface area (Å²) in [6, 6.07) is 12.2. The first-order chi connectivity index (χ1) is 17.0. The van der Waals surface area contributed by atoms with Crippen molar-refractivity contribution in [3.63, 3.8) is 0 Å². The first kappa shape index (κ1) is 23.4. The fourth-order valence-electron chi connectivity index (χ4n) is 5.84. The number of Topliss-reactive ketones (excluding diaryl/α,β-unsaturated/α-hetero) is 1. The van der Waals surface area contributed by atoms with Crippen LogP contribution in [0, 0.1) is 0 Å². The zero-order valence-corrected chi connectivity index (χ0v) is 20.9. The average molecular weight is 472 g/mol. The van der Waals surface area contributed by atoms with E-state index in [0.29, 0.717) is 24.5 Å². The number of carbonyl (C=O) groups is 2. The summed E-state index contributed by atoms with van der Waals surface area (Å²) in [5.74, 6) is 1.02. The highest BCUT2D eigenvalue weighted by Gasteiger charge is 2.30. The van der Waals surface area contributed by atoms with Gasteiger partial charge in [0.05, 0.1) is 32.0 Å². The van der Waals surface area contributed by atoms with Crippen LogP contribution in [0.5, 0.6) is 5.75 Å². The molecule has 0 radical (unpaired) electrons. The van der Waals surface area contributed by atoms with Crippen molar-refractivity contribution >= 4 is 28.7 Å². The zero-order valence-electron chi connectivity index (χ0n) is 20.9. The van der Waals surface area contributed by atoms with E-state index >= 15 is 0 Å². The van der Waals surface area contributed by atoms with Crippen molar-refractivity contribution in [3.8, 4) is 17.0 Å². The average Bonchev–Trinajstić information content (AvgIpc) is 3.11. The summed E-state index contributed by atoms with van der Waals surface area (Å²) in [6.45, 7) is 2.42. The van der Waals surface area contributed by atoms with Crippen LogP contribution in [0.4, 0.5) is 0 Å². The van der Waals surface area contributed by atoms with E-state index in [0.717, 1.165) is 52.9 Å². The lowest BCUT2D eigenvalue weighted by Gasteiger charge is -2.24. The number of nitrogens with zero attached hydrogens (tertiary/aromatic N) is 1. The molecular weight excluding hydrogens is 438 g/mol. The lowest BCUT2D eigenvalue weighted by molar-refractivity contribution is -0.136. The van der Waals surface area contributed by atoms with Crippen molar-refractivity contribution in [2.45, 2.75) is 64.3 Å². The minimum Gasteiger partial charge on any atom is -0.497 e. The number of ether oxygens (including phenoxy) is 2. The molecule has 0 bridgehead atoms. The predicted molar refractivity (Wildman–Crippen MR) is 139 cm³/mol. The van der Waals surface area contributed by atoms with Gasteiger partial charge < -0.3 is 14.0 Å². The molecule has 182 valence electrons. The smallest absolute Gasteiger partial charge is 0.335 e. The number of carbonyl (C=O) groups excluding carboxylic acids is 2. The van der Waals surface area contributed by atoms with Crippen molar-refractivity contribution in [3.05, 3.63) is 58.7 Å². The van der Waals surface area contributed by atoms with Gasteiger partial charge in [-0.05, 0) is 66.6 Å². The number of esters is 1. The van der Waals surface area contributed by atoms with E-state index in [9.17, 15) is 9.59 Å². The van der Waals surface area contributed by atoms with Crippen molar-refractivity contribution in [2.75, 3.05) is 14.2 Å². The maximum Gasteiger partial charge on any atom is 0.335 e. The summed E-state index contributed by atoms with van der Waals surface area (Å²) in [4.78, 5) is 25.6. The van der Waals surface area contributed by atoms with Gasteiger partial charge in [0, 0.05) is 28.5 Å². The van der Waals surface area contributed by atoms with Crippen molar-refractivity contribution in [2.24, 2.45) is 0 Å². The second-order valence-corrected chi connectivity index (χ2v) is 9.70. The Morgan fingerprint density at radius 1 is 1.03 bits per heavy atom. The van der Waals surface area contributed by atoms with Crippen LogP contribution >= 0.6 is 0 Å². The van der Waals surface area contributed by atoms with E-state index < -0.39 is 0 Å². The number of benzene rings is 2. The van der Waals surface area contributed by atoms with Gasteiger partial charge in [0.25, 0.3) is 0 Å². The van der Waals surface area contributed by atoms with Gasteiger partial charge in [0.15, 0.2) is 5.78 Å². The van der Waals surface area contributed by atoms with E-state index in [2.05, 4.69) is 16.7 Å².